The number of anilines is 1. The quantitative estimate of drug-likeness (QED) is 0.778. The summed E-state index contributed by atoms with van der Waals surface area (Å²) in [6.07, 6.45) is 2.24. The second-order valence-electron chi connectivity index (χ2n) is 3.48. The van der Waals surface area contributed by atoms with Crippen molar-refractivity contribution in [3.63, 3.8) is 0 Å². The second kappa shape index (κ2) is 2.97. The molecule has 0 radical (unpaired) electrons. The fourth-order valence-electron chi connectivity index (χ4n) is 1.34. The minimum Gasteiger partial charge on any atom is -0.408 e. The minimum atomic E-state index is -1.05. The molecule has 1 saturated carbocycles. The zero-order chi connectivity index (χ0) is 9.31. The molecule has 5 heteroatoms. The van der Waals surface area contributed by atoms with E-state index in [1.54, 1.807) is 6.92 Å². The first-order valence-corrected chi connectivity index (χ1v) is 4.41. The fraction of sp³-hybridized carbons (Fsp3) is 0.750. The number of nitrogens with one attached hydrogen (secondary N) is 1. The molecular weight excluding hydrogens is 173 g/mol. The van der Waals surface area contributed by atoms with Crippen LogP contribution < -0.4 is 5.32 Å². The van der Waals surface area contributed by atoms with E-state index >= 15 is 0 Å². The zero-order valence-corrected chi connectivity index (χ0v) is 7.51. The number of alkyl halides is 1. The molecule has 1 aliphatic carbocycles. The van der Waals surface area contributed by atoms with Crippen molar-refractivity contribution in [1.82, 2.24) is 10.2 Å². The van der Waals surface area contributed by atoms with E-state index in [1.807, 2.05) is 0 Å². The SMILES string of the molecule is Cc1nnc(NCC2(F)CCC2)o1. The molecule has 0 aliphatic heterocycles. The van der Waals surface area contributed by atoms with Crippen LogP contribution in [0.5, 0.6) is 0 Å². The summed E-state index contributed by atoms with van der Waals surface area (Å²) in [6, 6.07) is 0.307. The lowest BCUT2D eigenvalue weighted by Gasteiger charge is -2.33. The van der Waals surface area contributed by atoms with Crippen LogP contribution in [-0.4, -0.2) is 22.4 Å². The van der Waals surface area contributed by atoms with Crippen LogP contribution in [0.4, 0.5) is 10.4 Å². The van der Waals surface area contributed by atoms with Gasteiger partial charge in [0.25, 0.3) is 0 Å². The largest absolute Gasteiger partial charge is 0.408 e. The number of nitrogens with zero attached hydrogens (tertiary/aromatic N) is 2. The van der Waals surface area contributed by atoms with E-state index in [1.165, 1.54) is 0 Å². The van der Waals surface area contributed by atoms with Crippen molar-refractivity contribution in [1.29, 1.82) is 0 Å². The molecule has 0 amide bonds. The Morgan fingerprint density at radius 2 is 2.31 bits per heavy atom. The van der Waals surface area contributed by atoms with Gasteiger partial charge in [0.2, 0.25) is 5.89 Å². The summed E-state index contributed by atoms with van der Waals surface area (Å²) >= 11 is 0. The molecule has 72 valence electrons. The summed E-state index contributed by atoms with van der Waals surface area (Å²) in [5.41, 5.74) is -1.05. The van der Waals surface area contributed by atoms with Crippen LogP contribution in [0.25, 0.3) is 0 Å². The maximum Gasteiger partial charge on any atom is 0.315 e. The monoisotopic (exact) mass is 185 g/mol. The Balaban J connectivity index is 1.85. The average molecular weight is 185 g/mol. The Bertz CT molecular complexity index is 295. The maximum absolute atomic E-state index is 13.4. The summed E-state index contributed by atoms with van der Waals surface area (Å²) in [6.45, 7) is 1.97. The normalized spacial score (nSPS) is 19.5. The predicted octanol–water partition coefficient (Wildman–Crippen LogP) is 1.68. The summed E-state index contributed by atoms with van der Waals surface area (Å²) in [5, 5.41) is 10.1. The van der Waals surface area contributed by atoms with Crippen LogP contribution in [-0.2, 0) is 0 Å². The average Bonchev–Trinajstić information content (AvgIpc) is 2.44. The summed E-state index contributed by atoms with van der Waals surface area (Å²) in [7, 11) is 0. The molecule has 0 spiro atoms. The Kier molecular flexibility index (Phi) is 1.94. The lowest BCUT2D eigenvalue weighted by Crippen LogP contribution is -2.39. The van der Waals surface area contributed by atoms with Crippen molar-refractivity contribution in [3.8, 4) is 0 Å². The highest BCUT2D eigenvalue weighted by molar-refractivity contribution is 5.18. The third-order valence-electron chi connectivity index (χ3n) is 2.33. The first-order chi connectivity index (χ1) is 6.18. The van der Waals surface area contributed by atoms with Gasteiger partial charge in [0.05, 0.1) is 6.54 Å². The Morgan fingerprint density at radius 1 is 1.54 bits per heavy atom. The van der Waals surface area contributed by atoms with Gasteiger partial charge in [-0.2, -0.15) is 0 Å². The van der Waals surface area contributed by atoms with Crippen LogP contribution in [0.1, 0.15) is 25.2 Å². The van der Waals surface area contributed by atoms with Crippen molar-refractivity contribution in [2.75, 3.05) is 11.9 Å². The van der Waals surface area contributed by atoms with Gasteiger partial charge in [-0.05, 0) is 19.3 Å². The molecule has 0 unspecified atom stereocenters. The topological polar surface area (TPSA) is 51.0 Å². The molecule has 1 fully saturated rings. The molecule has 1 aromatic heterocycles. The summed E-state index contributed by atoms with van der Waals surface area (Å²) in [4.78, 5) is 0. The van der Waals surface area contributed by atoms with Gasteiger partial charge < -0.3 is 9.73 Å². The van der Waals surface area contributed by atoms with E-state index in [9.17, 15) is 4.39 Å². The van der Waals surface area contributed by atoms with Crippen LogP contribution >= 0.6 is 0 Å². The number of halogens is 1. The van der Waals surface area contributed by atoms with E-state index in [0.717, 1.165) is 6.42 Å². The van der Waals surface area contributed by atoms with Crippen LogP contribution in [0.15, 0.2) is 4.42 Å². The molecule has 1 heterocycles. The van der Waals surface area contributed by atoms with Crippen LogP contribution in [0, 0.1) is 6.92 Å². The number of aromatic nitrogens is 2. The molecule has 1 aliphatic rings. The van der Waals surface area contributed by atoms with Crippen molar-refractivity contribution < 1.29 is 8.81 Å². The number of aryl methyl sites for hydroxylation is 1. The first kappa shape index (κ1) is 8.47. The van der Waals surface area contributed by atoms with Gasteiger partial charge in [-0.15, -0.1) is 5.10 Å². The van der Waals surface area contributed by atoms with Gasteiger partial charge in [0.1, 0.15) is 5.67 Å². The van der Waals surface area contributed by atoms with Gasteiger partial charge in [-0.1, -0.05) is 5.10 Å². The van der Waals surface area contributed by atoms with Crippen LogP contribution in [0.2, 0.25) is 0 Å². The van der Waals surface area contributed by atoms with Gasteiger partial charge >= 0.3 is 6.01 Å². The summed E-state index contributed by atoms with van der Waals surface area (Å²) in [5.74, 6) is 0.490. The van der Waals surface area contributed by atoms with E-state index in [4.69, 9.17) is 4.42 Å². The van der Waals surface area contributed by atoms with Crippen molar-refractivity contribution in [2.24, 2.45) is 0 Å². The number of rotatable bonds is 3. The molecule has 0 aromatic carbocycles. The highest BCUT2D eigenvalue weighted by Crippen LogP contribution is 2.35. The van der Waals surface area contributed by atoms with Gasteiger partial charge in [0, 0.05) is 6.92 Å². The van der Waals surface area contributed by atoms with E-state index in [0.29, 0.717) is 24.7 Å². The van der Waals surface area contributed by atoms with E-state index < -0.39 is 5.67 Å². The smallest absolute Gasteiger partial charge is 0.315 e. The second-order valence-corrected chi connectivity index (χ2v) is 3.48. The fourth-order valence-corrected chi connectivity index (χ4v) is 1.34. The molecule has 1 aromatic rings. The van der Waals surface area contributed by atoms with E-state index in [2.05, 4.69) is 15.5 Å². The standard InChI is InChI=1S/C8H12FN3O/c1-6-11-12-7(13-6)10-5-8(9)3-2-4-8/h2-5H2,1H3,(H,10,12). The Labute approximate surface area is 75.5 Å². The number of hydrogen-bond donors (Lipinski definition) is 1. The highest BCUT2D eigenvalue weighted by Gasteiger charge is 2.36. The van der Waals surface area contributed by atoms with Crippen LogP contribution in [0.3, 0.4) is 0 Å². The molecule has 0 atom stereocenters. The molecule has 4 nitrogen and oxygen atoms in total. The number of hydrogen-bond acceptors (Lipinski definition) is 4. The first-order valence-electron chi connectivity index (χ1n) is 4.41. The van der Waals surface area contributed by atoms with E-state index in [-0.39, 0.29) is 6.54 Å². The van der Waals surface area contributed by atoms with Gasteiger partial charge in [-0.25, -0.2) is 4.39 Å². The van der Waals surface area contributed by atoms with Gasteiger partial charge in [0.15, 0.2) is 0 Å². The Morgan fingerprint density at radius 3 is 2.77 bits per heavy atom. The molecule has 1 N–H and O–H groups in total. The molecule has 0 saturated heterocycles. The molecule has 2 rings (SSSR count). The third-order valence-corrected chi connectivity index (χ3v) is 2.33. The predicted molar refractivity (Wildman–Crippen MR) is 45.2 cm³/mol. The third kappa shape index (κ3) is 1.79. The lowest BCUT2D eigenvalue weighted by molar-refractivity contribution is 0.0778. The lowest BCUT2D eigenvalue weighted by atomic mass is 9.82. The van der Waals surface area contributed by atoms with Crippen molar-refractivity contribution >= 4 is 6.01 Å². The zero-order valence-electron chi connectivity index (χ0n) is 7.51. The van der Waals surface area contributed by atoms with Crippen molar-refractivity contribution in [3.05, 3.63) is 5.89 Å². The molecule has 0 bridgehead atoms. The molecular formula is C8H12FN3O. The highest BCUT2D eigenvalue weighted by atomic mass is 19.1. The van der Waals surface area contributed by atoms with Crippen molar-refractivity contribution in [2.45, 2.75) is 31.9 Å². The van der Waals surface area contributed by atoms with Gasteiger partial charge in [-0.3, -0.25) is 0 Å². The maximum atomic E-state index is 13.4. The molecule has 13 heavy (non-hydrogen) atoms. The summed E-state index contributed by atoms with van der Waals surface area (Å²) < 4.78 is 18.5. The minimum absolute atomic E-state index is 0.272. The Hall–Kier alpha value is -1.13.